The molecule has 0 unspecified atom stereocenters. The van der Waals surface area contributed by atoms with Crippen LogP contribution in [-0.4, -0.2) is 20.7 Å². The van der Waals surface area contributed by atoms with Crippen molar-refractivity contribution in [3.05, 3.63) is 36.2 Å². The summed E-state index contributed by atoms with van der Waals surface area (Å²) in [4.78, 5) is 15.6. The number of hydrogen-bond acceptors (Lipinski definition) is 4. The summed E-state index contributed by atoms with van der Waals surface area (Å²) in [5, 5.41) is 6.48. The van der Waals surface area contributed by atoms with Crippen LogP contribution in [0.25, 0.3) is 0 Å². The molecule has 0 radical (unpaired) electrons. The molecule has 0 atom stereocenters. The van der Waals surface area contributed by atoms with Crippen molar-refractivity contribution in [3.8, 4) is 0 Å². The van der Waals surface area contributed by atoms with E-state index in [4.69, 9.17) is 5.73 Å². The Hall–Kier alpha value is -2.37. The largest absolute Gasteiger partial charge is 0.399 e. The molecular weight excluding hydrogens is 206 g/mol. The number of benzene rings is 1. The number of carbonyl (C=O) groups is 1. The number of nitrogens with one attached hydrogen (secondary N) is 1. The molecule has 3 N–H and O–H groups in total. The Balaban J connectivity index is 2.15. The van der Waals surface area contributed by atoms with E-state index in [1.165, 1.54) is 11.0 Å². The van der Waals surface area contributed by atoms with E-state index in [1.54, 1.807) is 31.3 Å². The lowest BCUT2D eigenvalue weighted by atomic mass is 10.2. The lowest BCUT2D eigenvalue weighted by molar-refractivity contribution is 0.102. The minimum Gasteiger partial charge on any atom is -0.399 e. The number of aryl methyl sites for hydroxylation is 1. The number of anilines is 2. The molecule has 1 aromatic carbocycles. The number of nitrogen functional groups attached to an aromatic ring is 1. The van der Waals surface area contributed by atoms with E-state index in [2.05, 4.69) is 15.4 Å². The van der Waals surface area contributed by atoms with E-state index < -0.39 is 0 Å². The molecule has 16 heavy (non-hydrogen) atoms. The third-order valence-electron chi connectivity index (χ3n) is 2.11. The van der Waals surface area contributed by atoms with Crippen LogP contribution in [0.1, 0.15) is 10.4 Å². The van der Waals surface area contributed by atoms with E-state index in [1.807, 2.05) is 0 Å². The fourth-order valence-corrected chi connectivity index (χ4v) is 1.22. The molecule has 0 aliphatic carbocycles. The maximum absolute atomic E-state index is 11.7. The topological polar surface area (TPSA) is 85.8 Å². The van der Waals surface area contributed by atoms with Crippen LogP contribution in [-0.2, 0) is 7.05 Å². The van der Waals surface area contributed by atoms with Crippen LogP contribution in [0.2, 0.25) is 0 Å². The Morgan fingerprint density at radius 2 is 2.06 bits per heavy atom. The Bertz CT molecular complexity index is 502. The van der Waals surface area contributed by atoms with Crippen LogP contribution < -0.4 is 11.1 Å². The van der Waals surface area contributed by atoms with Gasteiger partial charge in [0.15, 0.2) is 0 Å². The van der Waals surface area contributed by atoms with Crippen molar-refractivity contribution in [2.45, 2.75) is 0 Å². The molecule has 6 heteroatoms. The van der Waals surface area contributed by atoms with Gasteiger partial charge in [0.1, 0.15) is 6.33 Å². The van der Waals surface area contributed by atoms with Crippen molar-refractivity contribution in [2.24, 2.45) is 7.05 Å². The molecule has 1 heterocycles. The van der Waals surface area contributed by atoms with Gasteiger partial charge in [-0.25, -0.2) is 4.68 Å². The molecule has 82 valence electrons. The average molecular weight is 217 g/mol. The van der Waals surface area contributed by atoms with Crippen molar-refractivity contribution in [2.75, 3.05) is 11.1 Å². The maximum Gasteiger partial charge on any atom is 0.258 e. The van der Waals surface area contributed by atoms with Crippen LogP contribution >= 0.6 is 0 Å². The van der Waals surface area contributed by atoms with Gasteiger partial charge in [0.05, 0.1) is 0 Å². The molecule has 0 bridgehead atoms. The minimum absolute atomic E-state index is 0.240. The standard InChI is InChI=1S/C10H11N5O/c1-15-10(12-6-13-15)14-9(16)7-2-4-8(11)5-3-7/h2-6H,11H2,1H3,(H,12,13,14,16). The van der Waals surface area contributed by atoms with Crippen molar-refractivity contribution in [3.63, 3.8) is 0 Å². The second-order valence-electron chi connectivity index (χ2n) is 3.28. The first-order valence-electron chi connectivity index (χ1n) is 4.67. The molecule has 0 aliphatic heterocycles. The summed E-state index contributed by atoms with van der Waals surface area (Å²) in [6.07, 6.45) is 1.37. The highest BCUT2D eigenvalue weighted by Crippen LogP contribution is 2.07. The fourth-order valence-electron chi connectivity index (χ4n) is 1.22. The predicted molar refractivity (Wildman–Crippen MR) is 59.8 cm³/mol. The highest BCUT2D eigenvalue weighted by molar-refractivity contribution is 6.03. The smallest absolute Gasteiger partial charge is 0.258 e. The molecule has 6 nitrogen and oxygen atoms in total. The fraction of sp³-hybridized carbons (Fsp3) is 0.100. The number of nitrogens with zero attached hydrogens (tertiary/aromatic N) is 3. The van der Waals surface area contributed by atoms with Gasteiger partial charge in [-0.3, -0.25) is 10.1 Å². The molecule has 0 spiro atoms. The first-order chi connectivity index (χ1) is 7.66. The van der Waals surface area contributed by atoms with E-state index >= 15 is 0 Å². The molecule has 0 saturated heterocycles. The second kappa shape index (κ2) is 4.01. The van der Waals surface area contributed by atoms with Gasteiger partial charge >= 0.3 is 0 Å². The van der Waals surface area contributed by atoms with Gasteiger partial charge in [-0.1, -0.05) is 0 Å². The third kappa shape index (κ3) is 2.00. The van der Waals surface area contributed by atoms with Gasteiger partial charge in [-0.2, -0.15) is 10.1 Å². The van der Waals surface area contributed by atoms with E-state index in [9.17, 15) is 4.79 Å². The summed E-state index contributed by atoms with van der Waals surface area (Å²) in [7, 11) is 1.70. The highest BCUT2D eigenvalue weighted by Gasteiger charge is 2.08. The predicted octanol–water partition coefficient (Wildman–Crippen LogP) is 0.650. The first-order valence-corrected chi connectivity index (χ1v) is 4.67. The van der Waals surface area contributed by atoms with E-state index in [0.717, 1.165) is 0 Å². The Morgan fingerprint density at radius 3 is 2.62 bits per heavy atom. The molecule has 0 aliphatic rings. The number of carbonyl (C=O) groups excluding carboxylic acids is 1. The normalized spacial score (nSPS) is 10.1. The summed E-state index contributed by atoms with van der Waals surface area (Å²) in [6.45, 7) is 0. The number of amides is 1. The van der Waals surface area contributed by atoms with Crippen LogP contribution in [0.3, 0.4) is 0 Å². The van der Waals surface area contributed by atoms with Crippen molar-refractivity contribution < 1.29 is 4.79 Å². The summed E-state index contributed by atoms with van der Waals surface area (Å²) < 4.78 is 1.48. The van der Waals surface area contributed by atoms with Crippen molar-refractivity contribution >= 4 is 17.5 Å². The number of nitrogens with two attached hydrogens (primary N) is 1. The second-order valence-corrected chi connectivity index (χ2v) is 3.28. The number of hydrogen-bond donors (Lipinski definition) is 2. The van der Waals surface area contributed by atoms with Crippen molar-refractivity contribution in [1.82, 2.24) is 14.8 Å². The quantitative estimate of drug-likeness (QED) is 0.723. The van der Waals surface area contributed by atoms with Gasteiger partial charge in [0.25, 0.3) is 5.91 Å². The minimum atomic E-state index is -0.240. The molecule has 1 amide bonds. The lowest BCUT2D eigenvalue weighted by Crippen LogP contribution is -2.15. The zero-order valence-electron chi connectivity index (χ0n) is 8.71. The van der Waals surface area contributed by atoms with Crippen LogP contribution in [0.4, 0.5) is 11.6 Å². The summed E-state index contributed by atoms with van der Waals surface area (Å²) in [6, 6.07) is 6.65. The average Bonchev–Trinajstić information content (AvgIpc) is 2.65. The molecule has 0 saturated carbocycles. The Kier molecular flexibility index (Phi) is 2.55. The van der Waals surface area contributed by atoms with Crippen LogP contribution in [0, 0.1) is 0 Å². The van der Waals surface area contributed by atoms with Crippen LogP contribution in [0.5, 0.6) is 0 Å². The Labute approximate surface area is 92.1 Å². The first kappa shape index (κ1) is 10.2. The van der Waals surface area contributed by atoms with E-state index in [0.29, 0.717) is 17.2 Å². The zero-order chi connectivity index (χ0) is 11.5. The molecule has 0 fully saturated rings. The summed E-state index contributed by atoms with van der Waals surface area (Å²) in [5.74, 6) is 0.165. The molecule has 1 aromatic heterocycles. The van der Waals surface area contributed by atoms with Gasteiger partial charge in [-0.05, 0) is 24.3 Å². The Morgan fingerprint density at radius 1 is 1.38 bits per heavy atom. The zero-order valence-corrected chi connectivity index (χ0v) is 8.71. The van der Waals surface area contributed by atoms with Crippen LogP contribution in [0.15, 0.2) is 30.6 Å². The van der Waals surface area contributed by atoms with Gasteiger partial charge in [-0.15, -0.1) is 0 Å². The van der Waals surface area contributed by atoms with Gasteiger partial charge in [0, 0.05) is 18.3 Å². The SMILES string of the molecule is Cn1ncnc1NC(=O)c1ccc(N)cc1. The monoisotopic (exact) mass is 217 g/mol. The molecule has 2 rings (SSSR count). The summed E-state index contributed by atoms with van der Waals surface area (Å²) >= 11 is 0. The maximum atomic E-state index is 11.7. The number of rotatable bonds is 2. The van der Waals surface area contributed by atoms with Crippen molar-refractivity contribution in [1.29, 1.82) is 0 Å². The molecular formula is C10H11N5O. The highest BCUT2D eigenvalue weighted by atomic mass is 16.1. The summed E-state index contributed by atoms with van der Waals surface area (Å²) in [5.41, 5.74) is 6.67. The van der Waals surface area contributed by atoms with E-state index in [-0.39, 0.29) is 5.91 Å². The van der Waals surface area contributed by atoms with Gasteiger partial charge < -0.3 is 5.73 Å². The third-order valence-corrected chi connectivity index (χ3v) is 2.11. The molecule has 2 aromatic rings. The lowest BCUT2D eigenvalue weighted by Gasteiger charge is -2.03. The number of aromatic nitrogens is 3. The van der Waals surface area contributed by atoms with Gasteiger partial charge in [0.2, 0.25) is 5.95 Å².